The minimum atomic E-state index is 0.403. The maximum Gasteiger partial charge on any atom is 0.243 e. The number of nitrogen functional groups attached to an aromatic ring is 1. The molecule has 4 N–H and O–H groups in total. The molecule has 0 spiro atoms. The summed E-state index contributed by atoms with van der Waals surface area (Å²) in [5, 5.41) is 3.15. The monoisotopic (exact) mass is 237 g/mol. The number of aromatic nitrogens is 3. The number of nitrogens with zero attached hydrogens (tertiary/aromatic N) is 4. The highest BCUT2D eigenvalue weighted by molar-refractivity contribution is 5.43. The lowest BCUT2D eigenvalue weighted by Crippen LogP contribution is -2.23. The molecule has 7 nitrogen and oxygen atoms in total. The summed E-state index contributed by atoms with van der Waals surface area (Å²) >= 11 is 0. The zero-order chi connectivity index (χ0) is 12.1. The molecule has 0 bridgehead atoms. The van der Waals surface area contributed by atoms with Gasteiger partial charge < -0.3 is 10.2 Å². The third-order valence-corrected chi connectivity index (χ3v) is 2.67. The van der Waals surface area contributed by atoms with Crippen LogP contribution in [0.5, 0.6) is 0 Å². The number of hydrazine groups is 1. The number of rotatable bonds is 5. The normalized spacial score (nSPS) is 15.1. The molecule has 1 aliphatic heterocycles. The van der Waals surface area contributed by atoms with Crippen molar-refractivity contribution < 1.29 is 0 Å². The van der Waals surface area contributed by atoms with E-state index in [9.17, 15) is 0 Å². The van der Waals surface area contributed by atoms with Gasteiger partial charge in [-0.1, -0.05) is 6.92 Å². The van der Waals surface area contributed by atoms with Crippen molar-refractivity contribution in [2.24, 2.45) is 5.84 Å². The van der Waals surface area contributed by atoms with E-state index >= 15 is 0 Å². The van der Waals surface area contributed by atoms with Crippen LogP contribution in [-0.4, -0.2) is 34.6 Å². The predicted molar refractivity (Wildman–Crippen MR) is 67.9 cm³/mol. The number of hydrogen-bond acceptors (Lipinski definition) is 7. The van der Waals surface area contributed by atoms with E-state index in [4.69, 9.17) is 5.84 Å². The van der Waals surface area contributed by atoms with E-state index in [0.717, 1.165) is 26.1 Å². The van der Waals surface area contributed by atoms with Gasteiger partial charge in [0, 0.05) is 19.6 Å². The van der Waals surface area contributed by atoms with E-state index in [1.54, 1.807) is 0 Å². The molecule has 0 unspecified atom stereocenters. The fourth-order valence-corrected chi connectivity index (χ4v) is 1.80. The van der Waals surface area contributed by atoms with Crippen molar-refractivity contribution in [2.45, 2.75) is 26.2 Å². The summed E-state index contributed by atoms with van der Waals surface area (Å²) in [5.41, 5.74) is 2.48. The van der Waals surface area contributed by atoms with Crippen LogP contribution in [0, 0.1) is 0 Å². The molecule has 17 heavy (non-hydrogen) atoms. The largest absolute Gasteiger partial charge is 0.354 e. The van der Waals surface area contributed by atoms with E-state index < -0.39 is 0 Å². The molecule has 0 amide bonds. The van der Waals surface area contributed by atoms with Gasteiger partial charge in [-0.3, -0.25) is 5.43 Å². The van der Waals surface area contributed by atoms with Crippen LogP contribution >= 0.6 is 0 Å². The zero-order valence-corrected chi connectivity index (χ0v) is 10.1. The summed E-state index contributed by atoms with van der Waals surface area (Å²) in [7, 11) is 0. The van der Waals surface area contributed by atoms with Gasteiger partial charge in [-0.15, -0.1) is 0 Å². The molecule has 2 heterocycles. The zero-order valence-electron chi connectivity index (χ0n) is 10.1. The van der Waals surface area contributed by atoms with E-state index in [-0.39, 0.29) is 0 Å². The van der Waals surface area contributed by atoms with Crippen molar-refractivity contribution >= 4 is 17.8 Å². The van der Waals surface area contributed by atoms with Crippen LogP contribution in [0.1, 0.15) is 26.2 Å². The molecular formula is C10H19N7. The molecule has 2 rings (SSSR count). The van der Waals surface area contributed by atoms with Crippen LogP contribution in [0.25, 0.3) is 0 Å². The molecule has 1 fully saturated rings. The number of anilines is 3. The summed E-state index contributed by atoms with van der Waals surface area (Å²) in [5.74, 6) is 7.05. The third kappa shape index (κ3) is 2.94. The first kappa shape index (κ1) is 11.8. The first-order valence-corrected chi connectivity index (χ1v) is 6.05. The van der Waals surface area contributed by atoms with E-state index in [1.165, 1.54) is 12.8 Å². The Kier molecular flexibility index (Phi) is 3.92. The summed E-state index contributed by atoms with van der Waals surface area (Å²) in [6, 6.07) is 0. The molecule has 1 aromatic heterocycles. The van der Waals surface area contributed by atoms with E-state index in [1.807, 2.05) is 0 Å². The number of nitrogens with one attached hydrogen (secondary N) is 2. The lowest BCUT2D eigenvalue weighted by Gasteiger charge is -2.16. The summed E-state index contributed by atoms with van der Waals surface area (Å²) in [4.78, 5) is 15.0. The lowest BCUT2D eigenvalue weighted by molar-refractivity contribution is 0.870. The third-order valence-electron chi connectivity index (χ3n) is 2.67. The topological polar surface area (TPSA) is 92.0 Å². The van der Waals surface area contributed by atoms with E-state index in [0.29, 0.717) is 17.8 Å². The van der Waals surface area contributed by atoms with Crippen molar-refractivity contribution in [3.8, 4) is 0 Å². The maximum absolute atomic E-state index is 5.37. The van der Waals surface area contributed by atoms with E-state index in [2.05, 4.69) is 37.5 Å². The molecule has 1 saturated heterocycles. The Morgan fingerprint density at radius 3 is 2.53 bits per heavy atom. The molecular weight excluding hydrogens is 218 g/mol. The van der Waals surface area contributed by atoms with Gasteiger partial charge in [-0.25, -0.2) is 5.84 Å². The van der Waals surface area contributed by atoms with Gasteiger partial charge in [-0.2, -0.15) is 15.0 Å². The van der Waals surface area contributed by atoms with Crippen molar-refractivity contribution in [3.63, 3.8) is 0 Å². The molecule has 94 valence electrons. The highest BCUT2D eigenvalue weighted by Gasteiger charge is 2.16. The molecule has 1 aliphatic rings. The smallest absolute Gasteiger partial charge is 0.243 e. The average molecular weight is 237 g/mol. The Balaban J connectivity index is 2.18. The van der Waals surface area contributed by atoms with Gasteiger partial charge in [0.15, 0.2) is 0 Å². The Morgan fingerprint density at radius 1 is 1.18 bits per heavy atom. The van der Waals surface area contributed by atoms with Crippen molar-refractivity contribution in [3.05, 3.63) is 0 Å². The SMILES string of the molecule is CCCNc1nc(NN)nc(N2CCCC2)n1. The predicted octanol–water partition coefficient (Wildman–Crippen LogP) is 0.579. The molecule has 0 radical (unpaired) electrons. The van der Waals surface area contributed by atoms with Crippen molar-refractivity contribution in [1.82, 2.24) is 15.0 Å². The van der Waals surface area contributed by atoms with Gasteiger partial charge in [0.1, 0.15) is 0 Å². The second-order valence-corrected chi connectivity index (χ2v) is 4.05. The Hall–Kier alpha value is -1.63. The average Bonchev–Trinajstić information content (AvgIpc) is 2.89. The van der Waals surface area contributed by atoms with Gasteiger partial charge in [-0.05, 0) is 19.3 Å². The minimum absolute atomic E-state index is 0.403. The lowest BCUT2D eigenvalue weighted by atomic mass is 10.4. The Bertz CT molecular complexity index is 362. The van der Waals surface area contributed by atoms with Crippen LogP contribution < -0.4 is 21.5 Å². The second-order valence-electron chi connectivity index (χ2n) is 4.05. The molecule has 0 saturated carbocycles. The standard InChI is InChI=1S/C10H19N7/c1-2-5-12-8-13-9(16-11)15-10(14-8)17-6-3-4-7-17/h2-7,11H2,1H3,(H2,12,13,14,15,16). The van der Waals surface area contributed by atoms with Crippen molar-refractivity contribution in [1.29, 1.82) is 0 Å². The van der Waals surface area contributed by atoms with Crippen LogP contribution in [0.2, 0.25) is 0 Å². The van der Waals surface area contributed by atoms with Crippen molar-refractivity contribution in [2.75, 3.05) is 35.3 Å². The van der Waals surface area contributed by atoms with Crippen LogP contribution in [-0.2, 0) is 0 Å². The highest BCUT2D eigenvalue weighted by atomic mass is 15.4. The highest BCUT2D eigenvalue weighted by Crippen LogP contribution is 2.18. The molecule has 0 aromatic carbocycles. The summed E-state index contributed by atoms with van der Waals surface area (Å²) < 4.78 is 0. The first-order valence-electron chi connectivity index (χ1n) is 6.05. The fourth-order valence-electron chi connectivity index (χ4n) is 1.80. The number of nitrogens with two attached hydrogens (primary N) is 1. The van der Waals surface area contributed by atoms with Gasteiger partial charge >= 0.3 is 0 Å². The molecule has 7 heteroatoms. The minimum Gasteiger partial charge on any atom is -0.354 e. The van der Waals surface area contributed by atoms with Crippen LogP contribution in [0.15, 0.2) is 0 Å². The Labute approximate surface area is 101 Å². The summed E-state index contributed by atoms with van der Waals surface area (Å²) in [6.07, 6.45) is 3.40. The Morgan fingerprint density at radius 2 is 1.88 bits per heavy atom. The molecule has 0 aliphatic carbocycles. The molecule has 0 atom stereocenters. The van der Waals surface area contributed by atoms with Crippen LogP contribution in [0.3, 0.4) is 0 Å². The summed E-state index contributed by atoms with van der Waals surface area (Å²) in [6.45, 7) is 4.94. The maximum atomic E-state index is 5.37. The van der Waals surface area contributed by atoms with Gasteiger partial charge in [0.05, 0.1) is 0 Å². The second kappa shape index (κ2) is 5.62. The van der Waals surface area contributed by atoms with Gasteiger partial charge in [0.2, 0.25) is 17.8 Å². The fraction of sp³-hybridized carbons (Fsp3) is 0.700. The number of hydrogen-bond donors (Lipinski definition) is 3. The van der Waals surface area contributed by atoms with Gasteiger partial charge in [0.25, 0.3) is 0 Å². The first-order chi connectivity index (χ1) is 8.33. The quantitative estimate of drug-likeness (QED) is 0.509. The van der Waals surface area contributed by atoms with Crippen LogP contribution in [0.4, 0.5) is 17.8 Å². The molecule has 1 aromatic rings.